The standard InChI is InChI=1S/C14H14ClNO/c1-9-5-6-10(2)11(8-9)14(17)13-12(15)4-3-7-16-13/h3-8,14,17H,1-2H3. The molecular formula is C14H14ClNO. The molecule has 1 atom stereocenters. The first-order chi connectivity index (χ1) is 8.09. The molecule has 0 bridgehead atoms. The SMILES string of the molecule is Cc1ccc(C)c(C(O)c2ncccc2Cl)c1. The molecule has 0 aliphatic carbocycles. The smallest absolute Gasteiger partial charge is 0.123 e. The number of aryl methyl sites for hydroxylation is 2. The van der Waals surface area contributed by atoms with Crippen LogP contribution in [-0.2, 0) is 0 Å². The quantitative estimate of drug-likeness (QED) is 0.882. The Morgan fingerprint density at radius 3 is 2.71 bits per heavy atom. The second-order valence-corrected chi connectivity index (χ2v) is 4.54. The van der Waals surface area contributed by atoms with Gasteiger partial charge in [-0.05, 0) is 37.1 Å². The molecule has 0 amide bonds. The van der Waals surface area contributed by atoms with Gasteiger partial charge in [0.05, 0.1) is 10.7 Å². The number of benzene rings is 1. The number of rotatable bonds is 2. The molecule has 2 aromatic rings. The molecule has 0 aliphatic heterocycles. The van der Waals surface area contributed by atoms with Crippen molar-refractivity contribution in [2.75, 3.05) is 0 Å². The summed E-state index contributed by atoms with van der Waals surface area (Å²) in [6, 6.07) is 9.46. The van der Waals surface area contributed by atoms with Crippen molar-refractivity contribution in [3.05, 3.63) is 63.9 Å². The summed E-state index contributed by atoms with van der Waals surface area (Å²) in [6.07, 6.45) is 0.860. The van der Waals surface area contributed by atoms with Crippen LogP contribution in [0.4, 0.5) is 0 Å². The van der Waals surface area contributed by atoms with Gasteiger partial charge in [-0.3, -0.25) is 4.98 Å². The van der Waals surface area contributed by atoms with Gasteiger partial charge in [0.2, 0.25) is 0 Å². The molecule has 0 radical (unpaired) electrons. The summed E-state index contributed by atoms with van der Waals surface area (Å²) < 4.78 is 0. The lowest BCUT2D eigenvalue weighted by Gasteiger charge is -2.15. The van der Waals surface area contributed by atoms with E-state index in [-0.39, 0.29) is 0 Å². The summed E-state index contributed by atoms with van der Waals surface area (Å²) >= 11 is 6.04. The van der Waals surface area contributed by atoms with E-state index in [4.69, 9.17) is 11.6 Å². The first-order valence-corrected chi connectivity index (χ1v) is 5.83. The number of aromatic nitrogens is 1. The van der Waals surface area contributed by atoms with Crippen LogP contribution in [0.15, 0.2) is 36.5 Å². The van der Waals surface area contributed by atoms with Crippen molar-refractivity contribution in [2.24, 2.45) is 0 Å². The van der Waals surface area contributed by atoms with Crippen molar-refractivity contribution in [3.8, 4) is 0 Å². The molecule has 1 N–H and O–H groups in total. The zero-order chi connectivity index (χ0) is 12.4. The Kier molecular flexibility index (Phi) is 3.46. The number of hydrogen-bond acceptors (Lipinski definition) is 2. The zero-order valence-corrected chi connectivity index (χ0v) is 10.6. The van der Waals surface area contributed by atoms with Gasteiger partial charge in [-0.2, -0.15) is 0 Å². The summed E-state index contributed by atoms with van der Waals surface area (Å²) in [7, 11) is 0. The van der Waals surface area contributed by atoms with Crippen LogP contribution < -0.4 is 0 Å². The minimum atomic E-state index is -0.774. The molecule has 0 saturated carbocycles. The second kappa shape index (κ2) is 4.86. The molecule has 17 heavy (non-hydrogen) atoms. The molecule has 1 aromatic carbocycles. The van der Waals surface area contributed by atoms with Gasteiger partial charge in [0.15, 0.2) is 0 Å². The molecule has 1 aromatic heterocycles. The molecule has 2 rings (SSSR count). The lowest BCUT2D eigenvalue weighted by atomic mass is 9.98. The number of aliphatic hydroxyl groups excluding tert-OH is 1. The van der Waals surface area contributed by atoms with Crippen molar-refractivity contribution in [1.29, 1.82) is 0 Å². The molecule has 0 saturated heterocycles. The van der Waals surface area contributed by atoms with Crippen LogP contribution in [0.5, 0.6) is 0 Å². The van der Waals surface area contributed by atoms with Crippen LogP contribution in [0.1, 0.15) is 28.5 Å². The van der Waals surface area contributed by atoms with Crippen molar-refractivity contribution in [1.82, 2.24) is 4.98 Å². The Morgan fingerprint density at radius 2 is 2.00 bits per heavy atom. The highest BCUT2D eigenvalue weighted by molar-refractivity contribution is 6.31. The third kappa shape index (κ3) is 2.48. The van der Waals surface area contributed by atoms with Gasteiger partial charge >= 0.3 is 0 Å². The van der Waals surface area contributed by atoms with Crippen LogP contribution in [0.2, 0.25) is 5.02 Å². The van der Waals surface area contributed by atoms with Gasteiger partial charge < -0.3 is 5.11 Å². The second-order valence-electron chi connectivity index (χ2n) is 4.13. The highest BCUT2D eigenvalue weighted by Gasteiger charge is 2.17. The minimum absolute atomic E-state index is 0.487. The van der Waals surface area contributed by atoms with Crippen molar-refractivity contribution in [2.45, 2.75) is 20.0 Å². The summed E-state index contributed by atoms with van der Waals surface area (Å²) in [5, 5.41) is 10.8. The number of nitrogens with zero attached hydrogens (tertiary/aromatic N) is 1. The summed E-state index contributed by atoms with van der Waals surface area (Å²) in [4.78, 5) is 4.14. The maximum absolute atomic E-state index is 10.3. The van der Waals surface area contributed by atoms with Gasteiger partial charge in [0, 0.05) is 6.20 Å². The lowest BCUT2D eigenvalue weighted by Crippen LogP contribution is -2.05. The van der Waals surface area contributed by atoms with E-state index >= 15 is 0 Å². The van der Waals surface area contributed by atoms with Crippen LogP contribution in [0.3, 0.4) is 0 Å². The third-order valence-corrected chi connectivity index (χ3v) is 3.09. The van der Waals surface area contributed by atoms with E-state index in [1.807, 2.05) is 32.0 Å². The Balaban J connectivity index is 2.47. The molecule has 0 spiro atoms. The number of pyridine rings is 1. The maximum Gasteiger partial charge on any atom is 0.123 e. The minimum Gasteiger partial charge on any atom is -0.382 e. The van der Waals surface area contributed by atoms with E-state index < -0.39 is 6.10 Å². The first-order valence-electron chi connectivity index (χ1n) is 5.45. The molecular weight excluding hydrogens is 234 g/mol. The Hall–Kier alpha value is -1.38. The highest BCUT2D eigenvalue weighted by atomic mass is 35.5. The number of hydrogen-bond donors (Lipinski definition) is 1. The van der Waals surface area contributed by atoms with Gasteiger partial charge in [0.1, 0.15) is 6.10 Å². The Morgan fingerprint density at radius 1 is 1.24 bits per heavy atom. The van der Waals surface area contributed by atoms with Gasteiger partial charge in [-0.25, -0.2) is 0 Å². The predicted octanol–water partition coefficient (Wildman–Crippen LogP) is 3.43. The van der Waals surface area contributed by atoms with Gasteiger partial charge in [-0.1, -0.05) is 35.4 Å². The van der Waals surface area contributed by atoms with Crippen LogP contribution in [0.25, 0.3) is 0 Å². The van der Waals surface area contributed by atoms with Crippen LogP contribution >= 0.6 is 11.6 Å². The summed E-state index contributed by atoms with van der Waals surface area (Å²) in [5.41, 5.74) is 3.50. The predicted molar refractivity (Wildman–Crippen MR) is 69.2 cm³/mol. The molecule has 88 valence electrons. The number of halogens is 1. The Labute approximate surface area is 106 Å². The van der Waals surface area contributed by atoms with E-state index in [0.29, 0.717) is 10.7 Å². The highest BCUT2D eigenvalue weighted by Crippen LogP contribution is 2.28. The van der Waals surface area contributed by atoms with E-state index in [9.17, 15) is 5.11 Å². The van der Waals surface area contributed by atoms with Gasteiger partial charge in [-0.15, -0.1) is 0 Å². The molecule has 1 heterocycles. The topological polar surface area (TPSA) is 33.1 Å². The molecule has 0 fully saturated rings. The average molecular weight is 248 g/mol. The monoisotopic (exact) mass is 247 g/mol. The van der Waals surface area contributed by atoms with E-state index in [0.717, 1.165) is 16.7 Å². The van der Waals surface area contributed by atoms with Crippen molar-refractivity contribution >= 4 is 11.6 Å². The maximum atomic E-state index is 10.3. The van der Waals surface area contributed by atoms with E-state index in [1.54, 1.807) is 18.3 Å². The van der Waals surface area contributed by atoms with E-state index in [1.165, 1.54) is 0 Å². The largest absolute Gasteiger partial charge is 0.382 e. The fraction of sp³-hybridized carbons (Fsp3) is 0.214. The van der Waals surface area contributed by atoms with Gasteiger partial charge in [0.25, 0.3) is 0 Å². The molecule has 3 heteroatoms. The third-order valence-electron chi connectivity index (χ3n) is 2.78. The van der Waals surface area contributed by atoms with E-state index in [2.05, 4.69) is 4.98 Å². The Bertz CT molecular complexity index is 539. The fourth-order valence-electron chi connectivity index (χ4n) is 1.80. The fourth-order valence-corrected chi connectivity index (χ4v) is 2.03. The number of aliphatic hydroxyl groups is 1. The average Bonchev–Trinajstić information content (AvgIpc) is 2.32. The van der Waals surface area contributed by atoms with Crippen LogP contribution in [-0.4, -0.2) is 10.1 Å². The molecule has 2 nitrogen and oxygen atoms in total. The summed E-state index contributed by atoms with van der Waals surface area (Å²) in [6.45, 7) is 3.96. The van der Waals surface area contributed by atoms with Crippen molar-refractivity contribution < 1.29 is 5.11 Å². The molecule has 0 aliphatic rings. The first kappa shape index (κ1) is 12.1. The lowest BCUT2D eigenvalue weighted by molar-refractivity contribution is 0.214. The van der Waals surface area contributed by atoms with Crippen LogP contribution in [0, 0.1) is 13.8 Å². The van der Waals surface area contributed by atoms with Crippen molar-refractivity contribution in [3.63, 3.8) is 0 Å². The normalized spacial score (nSPS) is 12.5. The summed E-state index contributed by atoms with van der Waals surface area (Å²) in [5.74, 6) is 0. The molecule has 1 unspecified atom stereocenters. The zero-order valence-electron chi connectivity index (χ0n) is 9.81.